The number of hydrogen-bond donors (Lipinski definition) is 1. The number of ether oxygens (including phenoxy) is 2. The Labute approximate surface area is 127 Å². The zero-order chi connectivity index (χ0) is 15.7. The number of methoxy groups -OCH3 is 1. The van der Waals surface area contributed by atoms with Crippen molar-refractivity contribution in [2.75, 3.05) is 40.5 Å². The first-order chi connectivity index (χ1) is 10.1. The van der Waals surface area contributed by atoms with Crippen LogP contribution in [-0.4, -0.2) is 51.3 Å². The van der Waals surface area contributed by atoms with Gasteiger partial charge in [-0.25, -0.2) is 0 Å². The predicted molar refractivity (Wildman–Crippen MR) is 83.6 cm³/mol. The largest absolute Gasteiger partial charge is 0.483 e. The summed E-state index contributed by atoms with van der Waals surface area (Å²) in [5.74, 6) is 0.777. The van der Waals surface area contributed by atoms with Gasteiger partial charge in [-0.05, 0) is 19.4 Å². The molecule has 0 bridgehead atoms. The van der Waals surface area contributed by atoms with Crippen LogP contribution in [0, 0.1) is 6.92 Å². The van der Waals surface area contributed by atoms with Crippen LogP contribution in [0.15, 0.2) is 18.2 Å². The lowest BCUT2D eigenvalue weighted by molar-refractivity contribution is -0.131. The molecule has 0 saturated carbocycles. The number of hydrogen-bond acceptors (Lipinski definition) is 4. The van der Waals surface area contributed by atoms with Crippen molar-refractivity contribution in [1.82, 2.24) is 10.2 Å². The van der Waals surface area contributed by atoms with Gasteiger partial charge in [0, 0.05) is 39.4 Å². The number of likely N-dealkylation sites (N-methyl/N-ethyl adjacent to an activating group) is 1. The minimum Gasteiger partial charge on any atom is -0.483 e. The minimum absolute atomic E-state index is 0.0148. The molecule has 1 amide bonds. The Bertz CT molecular complexity index is 449. The van der Waals surface area contributed by atoms with E-state index in [1.165, 1.54) is 0 Å². The number of carbonyl (C=O) groups excluding carboxylic acids is 1. The van der Waals surface area contributed by atoms with E-state index >= 15 is 0 Å². The minimum atomic E-state index is -0.0148. The standard InChI is InChI=1S/C16H26N2O3/c1-5-18(3)15(19)12-21-16-13(2)7-6-8-14(16)11-17-9-10-20-4/h6-8,17H,5,9-12H2,1-4H3. The summed E-state index contributed by atoms with van der Waals surface area (Å²) < 4.78 is 10.8. The maximum atomic E-state index is 11.8. The van der Waals surface area contributed by atoms with Crippen LogP contribution in [0.5, 0.6) is 5.75 Å². The molecule has 5 nitrogen and oxygen atoms in total. The summed E-state index contributed by atoms with van der Waals surface area (Å²) in [6, 6.07) is 5.99. The molecule has 0 aliphatic heterocycles. The number of carbonyl (C=O) groups is 1. The third-order valence-electron chi connectivity index (χ3n) is 3.33. The summed E-state index contributed by atoms with van der Waals surface area (Å²) in [5, 5.41) is 3.29. The molecule has 0 saturated heterocycles. The van der Waals surface area contributed by atoms with E-state index in [2.05, 4.69) is 5.32 Å². The Balaban J connectivity index is 2.64. The van der Waals surface area contributed by atoms with Crippen LogP contribution in [0.25, 0.3) is 0 Å². The highest BCUT2D eigenvalue weighted by Gasteiger charge is 2.11. The van der Waals surface area contributed by atoms with Gasteiger partial charge in [0.1, 0.15) is 5.75 Å². The van der Waals surface area contributed by atoms with E-state index in [0.717, 1.165) is 23.4 Å². The molecule has 1 aromatic rings. The number of rotatable bonds is 9. The Morgan fingerprint density at radius 3 is 2.81 bits per heavy atom. The molecule has 1 N–H and O–H groups in total. The first-order valence-electron chi connectivity index (χ1n) is 7.25. The van der Waals surface area contributed by atoms with Crippen molar-refractivity contribution in [3.05, 3.63) is 29.3 Å². The van der Waals surface area contributed by atoms with Gasteiger partial charge in [0.25, 0.3) is 5.91 Å². The van der Waals surface area contributed by atoms with Crippen molar-refractivity contribution in [1.29, 1.82) is 0 Å². The number of benzene rings is 1. The summed E-state index contributed by atoms with van der Waals surface area (Å²) in [5.41, 5.74) is 2.09. The second kappa shape index (κ2) is 9.37. The van der Waals surface area contributed by atoms with E-state index in [1.54, 1.807) is 19.1 Å². The van der Waals surface area contributed by atoms with Gasteiger partial charge in [0.05, 0.1) is 6.61 Å². The molecule has 1 rings (SSSR count). The van der Waals surface area contributed by atoms with E-state index < -0.39 is 0 Å². The predicted octanol–water partition coefficient (Wildman–Crippen LogP) is 1.59. The van der Waals surface area contributed by atoms with Gasteiger partial charge in [0.2, 0.25) is 0 Å². The highest BCUT2D eigenvalue weighted by atomic mass is 16.5. The Kier molecular flexibility index (Phi) is 7.79. The summed E-state index contributed by atoms with van der Waals surface area (Å²) in [7, 11) is 3.45. The van der Waals surface area contributed by atoms with Crippen LogP contribution in [0.2, 0.25) is 0 Å². The lowest BCUT2D eigenvalue weighted by atomic mass is 10.1. The van der Waals surface area contributed by atoms with Crippen LogP contribution in [0.4, 0.5) is 0 Å². The average Bonchev–Trinajstić information content (AvgIpc) is 2.49. The highest BCUT2D eigenvalue weighted by molar-refractivity contribution is 5.77. The second-order valence-corrected chi connectivity index (χ2v) is 4.93. The summed E-state index contributed by atoms with van der Waals surface area (Å²) in [6.07, 6.45) is 0. The first-order valence-corrected chi connectivity index (χ1v) is 7.25. The Morgan fingerprint density at radius 2 is 2.14 bits per heavy atom. The number of nitrogens with zero attached hydrogens (tertiary/aromatic N) is 1. The zero-order valence-electron chi connectivity index (χ0n) is 13.4. The molecule has 0 aromatic heterocycles. The zero-order valence-corrected chi connectivity index (χ0v) is 13.4. The molecule has 1 aromatic carbocycles. The van der Waals surface area contributed by atoms with Crippen molar-refractivity contribution in [2.45, 2.75) is 20.4 Å². The van der Waals surface area contributed by atoms with E-state index in [1.807, 2.05) is 32.0 Å². The van der Waals surface area contributed by atoms with Crippen LogP contribution in [0.1, 0.15) is 18.1 Å². The molecule has 21 heavy (non-hydrogen) atoms. The molecular weight excluding hydrogens is 268 g/mol. The van der Waals surface area contributed by atoms with Crippen LogP contribution < -0.4 is 10.1 Å². The molecule has 0 spiro atoms. The van der Waals surface area contributed by atoms with Crippen molar-refractivity contribution in [3.63, 3.8) is 0 Å². The summed E-state index contributed by atoms with van der Waals surface area (Å²) in [4.78, 5) is 13.5. The molecule has 0 radical (unpaired) electrons. The summed E-state index contributed by atoms with van der Waals surface area (Å²) >= 11 is 0. The lowest BCUT2D eigenvalue weighted by Gasteiger charge is -2.18. The molecule has 0 unspecified atom stereocenters. The number of aryl methyl sites for hydroxylation is 1. The fourth-order valence-corrected chi connectivity index (χ4v) is 1.88. The van der Waals surface area contributed by atoms with Crippen LogP contribution >= 0.6 is 0 Å². The second-order valence-electron chi connectivity index (χ2n) is 4.93. The maximum absolute atomic E-state index is 11.8. The first kappa shape index (κ1) is 17.5. The quantitative estimate of drug-likeness (QED) is 0.703. The van der Waals surface area contributed by atoms with E-state index in [4.69, 9.17) is 9.47 Å². The fraction of sp³-hybridized carbons (Fsp3) is 0.562. The number of amides is 1. The fourth-order valence-electron chi connectivity index (χ4n) is 1.88. The van der Waals surface area contributed by atoms with Crippen molar-refractivity contribution in [2.24, 2.45) is 0 Å². The SMILES string of the molecule is CCN(C)C(=O)COc1c(C)cccc1CNCCOC. The van der Waals surface area contributed by atoms with Crippen LogP contribution in [0.3, 0.4) is 0 Å². The molecule has 0 aliphatic rings. The topological polar surface area (TPSA) is 50.8 Å². The summed E-state index contributed by atoms with van der Waals surface area (Å²) in [6.45, 7) is 6.82. The van der Waals surface area contributed by atoms with Crippen molar-refractivity contribution < 1.29 is 14.3 Å². The number of para-hydroxylation sites is 1. The molecular formula is C16H26N2O3. The van der Waals surface area contributed by atoms with Gasteiger partial charge < -0.3 is 19.7 Å². The molecule has 0 aliphatic carbocycles. The van der Waals surface area contributed by atoms with E-state index in [0.29, 0.717) is 19.7 Å². The molecule has 0 fully saturated rings. The lowest BCUT2D eigenvalue weighted by Crippen LogP contribution is -2.31. The monoisotopic (exact) mass is 294 g/mol. The van der Waals surface area contributed by atoms with Gasteiger partial charge in [-0.1, -0.05) is 18.2 Å². The Morgan fingerprint density at radius 1 is 1.38 bits per heavy atom. The average molecular weight is 294 g/mol. The smallest absolute Gasteiger partial charge is 0.260 e. The van der Waals surface area contributed by atoms with Gasteiger partial charge in [-0.2, -0.15) is 0 Å². The van der Waals surface area contributed by atoms with Crippen LogP contribution in [-0.2, 0) is 16.1 Å². The Hall–Kier alpha value is -1.59. The van der Waals surface area contributed by atoms with Crippen molar-refractivity contribution in [3.8, 4) is 5.75 Å². The van der Waals surface area contributed by atoms with Gasteiger partial charge in [-0.15, -0.1) is 0 Å². The maximum Gasteiger partial charge on any atom is 0.260 e. The molecule has 0 heterocycles. The van der Waals surface area contributed by atoms with Crippen molar-refractivity contribution >= 4 is 5.91 Å². The van der Waals surface area contributed by atoms with E-state index in [9.17, 15) is 4.79 Å². The van der Waals surface area contributed by atoms with E-state index in [-0.39, 0.29) is 12.5 Å². The third-order valence-corrected chi connectivity index (χ3v) is 3.33. The third kappa shape index (κ3) is 5.73. The van der Waals surface area contributed by atoms with Gasteiger partial charge >= 0.3 is 0 Å². The van der Waals surface area contributed by atoms with Gasteiger partial charge in [0.15, 0.2) is 6.61 Å². The molecule has 118 valence electrons. The molecule has 0 atom stereocenters. The highest BCUT2D eigenvalue weighted by Crippen LogP contribution is 2.23. The van der Waals surface area contributed by atoms with Gasteiger partial charge in [-0.3, -0.25) is 4.79 Å². The number of nitrogens with one attached hydrogen (secondary N) is 1. The normalized spacial score (nSPS) is 10.5. The molecule has 5 heteroatoms.